The Morgan fingerprint density at radius 3 is 0.762 bits per heavy atom. The van der Waals surface area contributed by atoms with E-state index in [9.17, 15) is 24.6 Å². The summed E-state index contributed by atoms with van der Waals surface area (Å²) in [7, 11) is -11.9. The lowest BCUT2D eigenvalue weighted by Gasteiger charge is -2.28. The SMILES string of the molecule is CCCCCCCCCCCCCC[P+](CCCCCC)(CCCCCC)CCCCCC.O=S(=O)(F)[N-]S(=O)(=O)F. The standard InChI is InChI=1S/C32H68P.F2NO4S2/c1-5-9-13-17-18-19-20-21-22-23-24-28-32-33(29-25-14-10-6-2,30-26-15-11-7-3)31-27-16-12-8-4;1-8(4,5)3-9(2,6)7/h5-32H2,1-4H3;/q+1;-1. The average Bonchev–Trinajstić information content (AvgIpc) is 2.90. The van der Waals surface area contributed by atoms with E-state index in [1.165, 1.54) is 128 Å². The molecule has 0 atom stereocenters. The lowest BCUT2D eigenvalue weighted by atomic mass is 10.1. The highest BCUT2D eigenvalue weighted by molar-refractivity contribution is 8.07. The minimum absolute atomic E-state index is 0.697. The Kier molecular flexibility index (Phi) is 31.5. The number of halogens is 2. The van der Waals surface area contributed by atoms with Crippen molar-refractivity contribution in [2.24, 2.45) is 0 Å². The normalized spacial score (nSPS) is 12.3. The van der Waals surface area contributed by atoms with Gasteiger partial charge in [0.1, 0.15) is 0 Å². The monoisotopic (exact) mass is 663 g/mol. The molecule has 0 amide bonds. The summed E-state index contributed by atoms with van der Waals surface area (Å²) in [6.45, 7) is 9.41. The molecule has 0 heterocycles. The molecule has 0 aliphatic carbocycles. The van der Waals surface area contributed by atoms with Gasteiger partial charge in [0.15, 0.2) is 0 Å². The average molecular weight is 664 g/mol. The predicted molar refractivity (Wildman–Crippen MR) is 183 cm³/mol. The van der Waals surface area contributed by atoms with E-state index >= 15 is 0 Å². The number of hydrogen-bond acceptors (Lipinski definition) is 4. The largest absolute Gasteiger partial charge is 0.379 e. The fourth-order valence-corrected chi connectivity index (χ4v) is 11.5. The van der Waals surface area contributed by atoms with Gasteiger partial charge in [-0.15, -0.1) is 7.77 Å². The van der Waals surface area contributed by atoms with Crippen molar-refractivity contribution in [3.63, 3.8) is 0 Å². The molecule has 0 saturated carbocycles. The Bertz CT molecular complexity index is 722. The number of unbranched alkanes of at least 4 members (excludes halogenated alkanes) is 20. The fourth-order valence-electron chi connectivity index (χ4n) is 5.69. The van der Waals surface area contributed by atoms with Crippen LogP contribution in [0.3, 0.4) is 0 Å². The van der Waals surface area contributed by atoms with Crippen molar-refractivity contribution in [2.45, 2.75) is 182 Å². The van der Waals surface area contributed by atoms with Gasteiger partial charge in [0, 0.05) is 7.26 Å². The predicted octanol–water partition coefficient (Wildman–Crippen LogP) is 12.2. The van der Waals surface area contributed by atoms with E-state index in [2.05, 4.69) is 27.7 Å². The zero-order chi connectivity index (χ0) is 32.0. The zero-order valence-corrected chi connectivity index (χ0v) is 30.4. The molecule has 5 nitrogen and oxygen atoms in total. The lowest BCUT2D eigenvalue weighted by Crippen LogP contribution is -2.13. The van der Waals surface area contributed by atoms with E-state index in [1.54, 1.807) is 50.3 Å². The molecule has 0 spiro atoms. The van der Waals surface area contributed by atoms with Crippen LogP contribution < -0.4 is 0 Å². The smallest absolute Gasteiger partial charge is 0.241 e. The van der Waals surface area contributed by atoms with Crippen molar-refractivity contribution >= 4 is 28.1 Å². The van der Waals surface area contributed by atoms with Gasteiger partial charge in [-0.25, -0.2) is 16.8 Å². The van der Waals surface area contributed by atoms with Gasteiger partial charge in [-0.3, -0.25) is 0 Å². The molecule has 0 saturated heterocycles. The van der Waals surface area contributed by atoms with Gasteiger partial charge in [0.05, 0.1) is 24.6 Å². The van der Waals surface area contributed by atoms with Gasteiger partial charge < -0.3 is 4.13 Å². The molecule has 10 heteroatoms. The van der Waals surface area contributed by atoms with E-state index < -0.39 is 28.1 Å². The number of hydrogen-bond donors (Lipinski definition) is 0. The molecule has 0 N–H and O–H groups in total. The van der Waals surface area contributed by atoms with Crippen molar-refractivity contribution in [1.82, 2.24) is 0 Å². The van der Waals surface area contributed by atoms with Gasteiger partial charge in [-0.1, -0.05) is 130 Å². The van der Waals surface area contributed by atoms with Gasteiger partial charge in [0.25, 0.3) is 0 Å². The van der Waals surface area contributed by atoms with Crippen LogP contribution >= 0.6 is 7.26 Å². The van der Waals surface area contributed by atoms with Crippen LogP contribution in [0.25, 0.3) is 4.13 Å². The zero-order valence-electron chi connectivity index (χ0n) is 27.9. The minimum atomic E-state index is -5.62. The molecule has 0 aromatic heterocycles. The van der Waals surface area contributed by atoms with Crippen molar-refractivity contribution < 1.29 is 24.6 Å². The maximum Gasteiger partial charge on any atom is 0.241 e. The van der Waals surface area contributed by atoms with E-state index in [1.807, 2.05) is 0 Å². The topological polar surface area (TPSA) is 82.4 Å². The summed E-state index contributed by atoms with van der Waals surface area (Å²) in [5.74, 6) is 0. The fraction of sp³-hybridized carbons (Fsp3) is 1.00. The second-order valence-corrected chi connectivity index (χ2v) is 18.9. The summed E-state index contributed by atoms with van der Waals surface area (Å²) in [5.41, 5.74) is 0. The van der Waals surface area contributed by atoms with Gasteiger partial charge >= 0.3 is 0 Å². The molecule has 0 aromatic carbocycles. The summed E-state index contributed by atoms with van der Waals surface area (Å²) in [4.78, 5) is 0. The van der Waals surface area contributed by atoms with Crippen molar-refractivity contribution in [3.05, 3.63) is 4.13 Å². The van der Waals surface area contributed by atoms with Crippen LogP contribution in [-0.2, 0) is 20.8 Å². The van der Waals surface area contributed by atoms with Crippen LogP contribution in [0, 0.1) is 0 Å². The number of nitrogens with zero attached hydrogens (tertiary/aromatic N) is 1. The molecule has 0 radical (unpaired) electrons. The maximum atomic E-state index is 11.1. The quantitative estimate of drug-likeness (QED) is 0.0435. The summed E-state index contributed by atoms with van der Waals surface area (Å²) in [6, 6.07) is 0. The first-order valence-corrected chi connectivity index (χ1v) is 22.6. The van der Waals surface area contributed by atoms with E-state index in [0.29, 0.717) is 0 Å². The number of rotatable bonds is 30. The summed E-state index contributed by atoms with van der Waals surface area (Å²) in [6.07, 6.45) is 42.1. The molecule has 0 aliphatic heterocycles. The van der Waals surface area contributed by atoms with Crippen LogP contribution in [-0.4, -0.2) is 41.5 Å². The Morgan fingerprint density at radius 1 is 0.381 bits per heavy atom. The first-order valence-electron chi connectivity index (χ1n) is 17.4. The highest BCUT2D eigenvalue weighted by atomic mass is 32.3. The molecule has 0 bridgehead atoms. The van der Waals surface area contributed by atoms with Crippen LogP contribution in [0.15, 0.2) is 0 Å². The third-order valence-corrected chi connectivity index (χ3v) is 14.6. The van der Waals surface area contributed by atoms with Crippen LogP contribution in [0.2, 0.25) is 0 Å². The lowest BCUT2D eigenvalue weighted by molar-refractivity contribution is 0.548. The Hall–Kier alpha value is 0.150. The van der Waals surface area contributed by atoms with Gasteiger partial charge in [-0.2, -0.15) is 0 Å². The third-order valence-electron chi connectivity index (χ3n) is 8.12. The second kappa shape index (κ2) is 29.8. The van der Waals surface area contributed by atoms with E-state index in [-0.39, 0.29) is 0 Å². The Morgan fingerprint density at radius 2 is 0.571 bits per heavy atom. The molecule has 0 fully saturated rings. The van der Waals surface area contributed by atoms with Crippen molar-refractivity contribution in [3.8, 4) is 0 Å². The Labute approximate surface area is 262 Å². The van der Waals surface area contributed by atoms with Crippen LogP contribution in [0.1, 0.15) is 182 Å². The molecular formula is C32H68F2NO4PS2. The summed E-state index contributed by atoms with van der Waals surface area (Å²) < 4.78 is 60.1. The van der Waals surface area contributed by atoms with Gasteiger partial charge in [-0.05, 0) is 51.4 Å². The molecule has 42 heavy (non-hydrogen) atoms. The molecular weight excluding hydrogens is 595 g/mol. The molecule has 0 rings (SSSR count). The minimum Gasteiger partial charge on any atom is -0.379 e. The second-order valence-electron chi connectivity index (χ2n) is 12.2. The van der Waals surface area contributed by atoms with E-state index in [0.717, 1.165) is 4.13 Å². The molecule has 0 aromatic rings. The first-order chi connectivity index (χ1) is 19.9. The molecule has 0 aliphatic rings. The van der Waals surface area contributed by atoms with Crippen LogP contribution in [0.4, 0.5) is 7.77 Å². The Balaban J connectivity index is 0. The van der Waals surface area contributed by atoms with Crippen molar-refractivity contribution in [2.75, 3.05) is 24.6 Å². The van der Waals surface area contributed by atoms with Gasteiger partial charge in [0.2, 0.25) is 20.8 Å². The first kappa shape index (κ1) is 44.3. The van der Waals surface area contributed by atoms with Crippen molar-refractivity contribution in [1.29, 1.82) is 0 Å². The summed E-state index contributed by atoms with van der Waals surface area (Å²) in [5, 5.41) is 0. The maximum absolute atomic E-state index is 11.1. The highest BCUT2D eigenvalue weighted by Crippen LogP contribution is 2.61. The van der Waals surface area contributed by atoms with E-state index in [4.69, 9.17) is 0 Å². The molecule has 256 valence electrons. The third kappa shape index (κ3) is 34.6. The highest BCUT2D eigenvalue weighted by Gasteiger charge is 2.34. The summed E-state index contributed by atoms with van der Waals surface area (Å²) >= 11 is 0. The van der Waals surface area contributed by atoms with Crippen LogP contribution in [0.5, 0.6) is 0 Å². The molecule has 0 unspecified atom stereocenters.